The number of amides is 1. The molecule has 0 aliphatic carbocycles. The first kappa shape index (κ1) is 20.0. The van der Waals surface area contributed by atoms with Gasteiger partial charge in [-0.1, -0.05) is 30.3 Å². The summed E-state index contributed by atoms with van der Waals surface area (Å²) in [7, 11) is -3.77. The second-order valence-electron chi connectivity index (χ2n) is 7.01. The summed E-state index contributed by atoms with van der Waals surface area (Å²) in [6.07, 6.45) is 0. The predicted molar refractivity (Wildman–Crippen MR) is 112 cm³/mol. The van der Waals surface area contributed by atoms with Gasteiger partial charge in [-0.15, -0.1) is 0 Å². The summed E-state index contributed by atoms with van der Waals surface area (Å²) in [6.45, 7) is 0.882. The van der Waals surface area contributed by atoms with Crippen LogP contribution in [0.3, 0.4) is 0 Å². The molecule has 0 atom stereocenters. The number of benzene rings is 3. The Balaban J connectivity index is 1.45. The second-order valence-corrected chi connectivity index (χ2v) is 8.95. The van der Waals surface area contributed by atoms with Gasteiger partial charge in [-0.05, 0) is 35.0 Å². The van der Waals surface area contributed by atoms with E-state index >= 15 is 0 Å². The first-order chi connectivity index (χ1) is 14.4. The summed E-state index contributed by atoms with van der Waals surface area (Å²) >= 11 is 0. The van der Waals surface area contributed by atoms with Gasteiger partial charge in [-0.3, -0.25) is 14.9 Å². The number of nitro benzene ring substituents is 1. The van der Waals surface area contributed by atoms with Crippen molar-refractivity contribution in [1.82, 2.24) is 9.21 Å². The van der Waals surface area contributed by atoms with Gasteiger partial charge >= 0.3 is 0 Å². The number of hydrogen-bond acceptors (Lipinski definition) is 5. The molecular formula is C21H19N3O5S. The molecule has 3 aromatic rings. The minimum Gasteiger partial charge on any atom is -0.336 e. The van der Waals surface area contributed by atoms with Crippen LogP contribution in [0.25, 0.3) is 10.8 Å². The van der Waals surface area contributed by atoms with Crippen LogP contribution in [0, 0.1) is 10.1 Å². The highest BCUT2D eigenvalue weighted by molar-refractivity contribution is 7.89. The second kappa shape index (κ2) is 7.85. The van der Waals surface area contributed by atoms with Crippen LogP contribution in [0.2, 0.25) is 0 Å². The lowest BCUT2D eigenvalue weighted by atomic mass is 10.1. The minimum absolute atomic E-state index is 0.00223. The number of sulfonamides is 1. The molecule has 4 rings (SSSR count). The first-order valence-electron chi connectivity index (χ1n) is 9.39. The molecule has 0 saturated carbocycles. The summed E-state index contributed by atoms with van der Waals surface area (Å²) in [4.78, 5) is 24.7. The van der Waals surface area contributed by atoms with Crippen molar-refractivity contribution in [1.29, 1.82) is 0 Å². The van der Waals surface area contributed by atoms with Gasteiger partial charge in [0.05, 0.1) is 9.82 Å². The van der Waals surface area contributed by atoms with Crippen LogP contribution in [0.15, 0.2) is 71.6 Å². The van der Waals surface area contributed by atoms with Crippen LogP contribution in [-0.2, 0) is 10.0 Å². The molecule has 1 fully saturated rings. The van der Waals surface area contributed by atoms with Crippen molar-refractivity contribution in [2.24, 2.45) is 0 Å². The van der Waals surface area contributed by atoms with Gasteiger partial charge < -0.3 is 4.90 Å². The number of nitrogens with zero attached hydrogens (tertiary/aromatic N) is 3. The van der Waals surface area contributed by atoms with Crippen molar-refractivity contribution in [3.63, 3.8) is 0 Å². The summed E-state index contributed by atoms with van der Waals surface area (Å²) < 4.78 is 26.9. The zero-order valence-electron chi connectivity index (χ0n) is 16.0. The van der Waals surface area contributed by atoms with E-state index in [1.54, 1.807) is 11.0 Å². The Morgan fingerprint density at radius 3 is 2.13 bits per heavy atom. The third kappa shape index (κ3) is 3.77. The number of piperazine rings is 1. The quantitative estimate of drug-likeness (QED) is 0.473. The third-order valence-electron chi connectivity index (χ3n) is 5.21. The van der Waals surface area contributed by atoms with Crippen molar-refractivity contribution in [2.75, 3.05) is 26.2 Å². The molecule has 1 aliphatic rings. The molecule has 0 bridgehead atoms. The maximum Gasteiger partial charge on any atom is 0.269 e. The molecule has 8 nitrogen and oxygen atoms in total. The molecule has 0 unspecified atom stereocenters. The molecule has 1 saturated heterocycles. The topological polar surface area (TPSA) is 101 Å². The third-order valence-corrected chi connectivity index (χ3v) is 7.12. The smallest absolute Gasteiger partial charge is 0.269 e. The number of nitro groups is 1. The number of hydrogen-bond donors (Lipinski definition) is 0. The van der Waals surface area contributed by atoms with Crippen LogP contribution in [0.1, 0.15) is 10.4 Å². The van der Waals surface area contributed by atoms with Crippen LogP contribution in [0.5, 0.6) is 0 Å². The maximum absolute atomic E-state index is 12.9. The van der Waals surface area contributed by atoms with Gasteiger partial charge in [-0.25, -0.2) is 8.42 Å². The average Bonchev–Trinajstić information content (AvgIpc) is 2.78. The van der Waals surface area contributed by atoms with Crippen molar-refractivity contribution in [3.8, 4) is 0 Å². The van der Waals surface area contributed by atoms with E-state index in [2.05, 4.69) is 0 Å². The van der Waals surface area contributed by atoms with Gasteiger partial charge in [0.15, 0.2) is 0 Å². The summed E-state index contributed by atoms with van der Waals surface area (Å²) in [5.41, 5.74) is 0.403. The van der Waals surface area contributed by atoms with E-state index in [1.165, 1.54) is 28.6 Å². The largest absolute Gasteiger partial charge is 0.336 e. The molecule has 1 aliphatic heterocycles. The Hall–Kier alpha value is -3.30. The average molecular weight is 425 g/mol. The molecular weight excluding hydrogens is 406 g/mol. The van der Waals surface area contributed by atoms with E-state index in [0.29, 0.717) is 5.56 Å². The van der Waals surface area contributed by atoms with Gasteiger partial charge in [0.25, 0.3) is 11.6 Å². The Morgan fingerprint density at radius 2 is 1.50 bits per heavy atom. The Bertz CT molecular complexity index is 1220. The molecule has 154 valence electrons. The highest BCUT2D eigenvalue weighted by Gasteiger charge is 2.30. The van der Waals surface area contributed by atoms with Crippen molar-refractivity contribution >= 4 is 32.4 Å². The standard InChI is InChI=1S/C21H19N3O5S/c25-21(18-6-5-16-3-1-2-4-17(16)15-18)22-11-13-23(14-12-22)30(28,29)20-9-7-19(8-10-20)24(26)27/h1-10,15H,11-14H2. The van der Waals surface area contributed by atoms with E-state index in [-0.39, 0.29) is 42.7 Å². The highest BCUT2D eigenvalue weighted by Crippen LogP contribution is 2.22. The SMILES string of the molecule is O=C(c1ccc2ccccc2c1)N1CCN(S(=O)(=O)c2ccc([N+](=O)[O-])cc2)CC1. The molecule has 3 aromatic carbocycles. The number of rotatable bonds is 4. The molecule has 0 radical (unpaired) electrons. The minimum atomic E-state index is -3.77. The van der Waals surface area contributed by atoms with Gasteiger partial charge in [-0.2, -0.15) is 4.31 Å². The van der Waals surface area contributed by atoms with E-state index < -0.39 is 14.9 Å². The monoisotopic (exact) mass is 425 g/mol. The van der Waals surface area contributed by atoms with Gasteiger partial charge in [0.2, 0.25) is 10.0 Å². The van der Waals surface area contributed by atoms with Gasteiger partial charge in [0, 0.05) is 43.9 Å². The lowest BCUT2D eigenvalue weighted by Gasteiger charge is -2.34. The number of carbonyl (C=O) groups is 1. The molecule has 9 heteroatoms. The maximum atomic E-state index is 12.9. The van der Waals surface area contributed by atoms with E-state index in [4.69, 9.17) is 0 Å². The number of fused-ring (bicyclic) bond motifs is 1. The lowest BCUT2D eigenvalue weighted by molar-refractivity contribution is -0.384. The lowest BCUT2D eigenvalue weighted by Crippen LogP contribution is -2.50. The fourth-order valence-electron chi connectivity index (χ4n) is 3.53. The molecule has 1 amide bonds. The van der Waals surface area contributed by atoms with E-state index in [9.17, 15) is 23.3 Å². The fraction of sp³-hybridized carbons (Fsp3) is 0.190. The first-order valence-corrected chi connectivity index (χ1v) is 10.8. The van der Waals surface area contributed by atoms with Crippen molar-refractivity contribution in [2.45, 2.75) is 4.90 Å². The molecule has 0 spiro atoms. The van der Waals surface area contributed by atoms with E-state index in [0.717, 1.165) is 10.8 Å². The predicted octanol–water partition coefficient (Wildman–Crippen LogP) is 2.89. The molecule has 1 heterocycles. The van der Waals surface area contributed by atoms with Crippen LogP contribution in [0.4, 0.5) is 5.69 Å². The Labute approximate surface area is 173 Å². The van der Waals surface area contributed by atoms with Crippen molar-refractivity contribution in [3.05, 3.63) is 82.4 Å². The number of non-ortho nitro benzene ring substituents is 1. The number of carbonyl (C=O) groups excluding carboxylic acids is 1. The van der Waals surface area contributed by atoms with Gasteiger partial charge in [0.1, 0.15) is 0 Å². The highest BCUT2D eigenvalue weighted by atomic mass is 32.2. The summed E-state index contributed by atoms with van der Waals surface area (Å²) in [6, 6.07) is 18.1. The molecule has 0 aromatic heterocycles. The summed E-state index contributed by atoms with van der Waals surface area (Å²) in [5.74, 6) is -0.131. The zero-order chi connectivity index (χ0) is 21.3. The van der Waals surface area contributed by atoms with Crippen LogP contribution >= 0.6 is 0 Å². The Kier molecular flexibility index (Phi) is 5.23. The van der Waals surface area contributed by atoms with Crippen molar-refractivity contribution < 1.29 is 18.1 Å². The molecule has 30 heavy (non-hydrogen) atoms. The van der Waals surface area contributed by atoms with E-state index in [1.807, 2.05) is 36.4 Å². The Morgan fingerprint density at radius 1 is 0.867 bits per heavy atom. The molecule has 0 N–H and O–H groups in total. The fourth-order valence-corrected chi connectivity index (χ4v) is 4.95. The zero-order valence-corrected chi connectivity index (χ0v) is 16.8. The van der Waals surface area contributed by atoms with Crippen LogP contribution < -0.4 is 0 Å². The summed E-state index contributed by atoms with van der Waals surface area (Å²) in [5, 5.41) is 12.8. The normalized spacial score (nSPS) is 15.3. The van der Waals surface area contributed by atoms with Crippen LogP contribution in [-0.4, -0.2) is 54.6 Å².